The molecule has 0 saturated carbocycles. The Morgan fingerprint density at radius 3 is 3.08 bits per heavy atom. The molecule has 0 atom stereocenters. The van der Waals surface area contributed by atoms with Crippen LogP contribution >= 0.6 is 11.3 Å². The van der Waals surface area contributed by atoms with Crippen LogP contribution in [0.4, 0.5) is 0 Å². The van der Waals surface area contributed by atoms with Crippen LogP contribution in [0.15, 0.2) is 17.5 Å². The lowest BCUT2D eigenvalue weighted by Crippen LogP contribution is -2.22. The molecule has 0 aromatic carbocycles. The number of hydrogen-bond donors (Lipinski definition) is 1. The van der Waals surface area contributed by atoms with Gasteiger partial charge in [0.2, 0.25) is 6.41 Å². The first-order valence-corrected chi connectivity index (χ1v) is 4.42. The van der Waals surface area contributed by atoms with Crippen LogP contribution in [0.5, 0.6) is 0 Å². The molecule has 0 unspecified atom stereocenters. The number of ketones is 1. The number of carbonyl (C=O) groups excluding carboxylic acids is 2. The Labute approximate surface area is 74.4 Å². The molecule has 0 aliphatic carbocycles. The third-order valence-electron chi connectivity index (χ3n) is 1.33. The highest BCUT2D eigenvalue weighted by molar-refractivity contribution is 7.10. The molecule has 0 bridgehead atoms. The molecular formula is C8H9NO2S. The van der Waals surface area contributed by atoms with E-state index in [1.54, 1.807) is 11.3 Å². The van der Waals surface area contributed by atoms with Crippen LogP contribution in [-0.4, -0.2) is 18.7 Å². The Balaban J connectivity index is 2.32. The van der Waals surface area contributed by atoms with Crippen molar-refractivity contribution in [1.29, 1.82) is 0 Å². The molecule has 1 rings (SSSR count). The van der Waals surface area contributed by atoms with Gasteiger partial charge in [-0.05, 0) is 11.4 Å². The van der Waals surface area contributed by atoms with Crippen LogP contribution in [0, 0.1) is 0 Å². The number of nitrogens with one attached hydrogen (secondary N) is 1. The van der Waals surface area contributed by atoms with E-state index in [1.807, 2.05) is 17.5 Å². The van der Waals surface area contributed by atoms with E-state index in [9.17, 15) is 9.59 Å². The topological polar surface area (TPSA) is 46.2 Å². The van der Waals surface area contributed by atoms with E-state index in [-0.39, 0.29) is 12.3 Å². The highest BCUT2D eigenvalue weighted by atomic mass is 32.1. The second kappa shape index (κ2) is 4.66. The van der Waals surface area contributed by atoms with Crippen LogP contribution in [-0.2, 0) is 16.0 Å². The largest absolute Gasteiger partial charge is 0.352 e. The van der Waals surface area contributed by atoms with Crippen LogP contribution in [0.3, 0.4) is 0 Å². The van der Waals surface area contributed by atoms with E-state index in [2.05, 4.69) is 5.32 Å². The number of hydrogen-bond acceptors (Lipinski definition) is 3. The monoisotopic (exact) mass is 183 g/mol. The second-order valence-electron chi connectivity index (χ2n) is 2.29. The maximum Gasteiger partial charge on any atom is 0.207 e. The Bertz CT molecular complexity index is 256. The summed E-state index contributed by atoms with van der Waals surface area (Å²) in [5, 5.41) is 4.26. The van der Waals surface area contributed by atoms with Crippen LogP contribution in [0.2, 0.25) is 0 Å². The quantitative estimate of drug-likeness (QED) is 0.680. The Morgan fingerprint density at radius 2 is 2.50 bits per heavy atom. The van der Waals surface area contributed by atoms with Gasteiger partial charge >= 0.3 is 0 Å². The fraction of sp³-hybridized carbons (Fsp3) is 0.250. The Morgan fingerprint density at radius 1 is 1.67 bits per heavy atom. The van der Waals surface area contributed by atoms with E-state index in [4.69, 9.17) is 0 Å². The van der Waals surface area contributed by atoms with E-state index >= 15 is 0 Å². The van der Waals surface area contributed by atoms with Gasteiger partial charge in [0, 0.05) is 11.3 Å². The third kappa shape index (κ3) is 2.84. The molecule has 3 nitrogen and oxygen atoms in total. The molecule has 0 fully saturated rings. The van der Waals surface area contributed by atoms with Crippen LogP contribution in [0.25, 0.3) is 0 Å². The summed E-state index contributed by atoms with van der Waals surface area (Å²) >= 11 is 1.55. The van der Waals surface area contributed by atoms with Crippen molar-refractivity contribution in [3.8, 4) is 0 Å². The molecule has 1 amide bonds. The van der Waals surface area contributed by atoms with Gasteiger partial charge in [-0.1, -0.05) is 6.07 Å². The minimum Gasteiger partial charge on any atom is -0.352 e. The van der Waals surface area contributed by atoms with Crippen molar-refractivity contribution in [3.63, 3.8) is 0 Å². The normalized spacial score (nSPS) is 9.33. The minimum atomic E-state index is 0.0320. The molecule has 0 spiro atoms. The van der Waals surface area contributed by atoms with E-state index in [0.717, 1.165) is 4.88 Å². The molecule has 64 valence electrons. The lowest BCUT2D eigenvalue weighted by atomic mass is 10.2. The molecule has 1 heterocycles. The van der Waals surface area contributed by atoms with Crippen molar-refractivity contribution >= 4 is 23.5 Å². The summed E-state index contributed by atoms with van der Waals surface area (Å²) in [7, 11) is 0. The summed E-state index contributed by atoms with van der Waals surface area (Å²) in [6, 6.07) is 3.81. The van der Waals surface area contributed by atoms with Crippen molar-refractivity contribution in [2.75, 3.05) is 6.54 Å². The summed E-state index contributed by atoms with van der Waals surface area (Å²) in [6.45, 7) is 0.126. The highest BCUT2D eigenvalue weighted by Crippen LogP contribution is 2.08. The first-order chi connectivity index (χ1) is 5.83. The Kier molecular flexibility index (Phi) is 3.47. The van der Waals surface area contributed by atoms with E-state index < -0.39 is 0 Å². The number of carbonyl (C=O) groups is 2. The molecule has 1 aromatic heterocycles. The summed E-state index contributed by atoms with van der Waals surface area (Å²) in [5.41, 5.74) is 0. The zero-order valence-corrected chi connectivity index (χ0v) is 7.26. The smallest absolute Gasteiger partial charge is 0.207 e. The van der Waals surface area contributed by atoms with E-state index in [0.29, 0.717) is 12.8 Å². The molecule has 0 aliphatic rings. The first-order valence-electron chi connectivity index (χ1n) is 3.54. The fourth-order valence-corrected chi connectivity index (χ4v) is 1.56. The summed E-state index contributed by atoms with van der Waals surface area (Å²) in [6.07, 6.45) is 0.949. The second-order valence-corrected chi connectivity index (χ2v) is 3.33. The molecule has 1 N–H and O–H groups in total. The average Bonchev–Trinajstić information content (AvgIpc) is 2.53. The average molecular weight is 183 g/mol. The first kappa shape index (κ1) is 8.93. The zero-order chi connectivity index (χ0) is 8.81. The molecule has 0 aliphatic heterocycles. The van der Waals surface area contributed by atoms with Crippen molar-refractivity contribution in [3.05, 3.63) is 22.4 Å². The summed E-state index contributed by atoms with van der Waals surface area (Å²) in [5.74, 6) is 0.0320. The van der Waals surface area contributed by atoms with Gasteiger partial charge < -0.3 is 5.32 Å². The highest BCUT2D eigenvalue weighted by Gasteiger charge is 2.02. The maximum atomic E-state index is 11.1. The fourth-order valence-electron chi connectivity index (χ4n) is 0.825. The molecule has 0 radical (unpaired) electrons. The number of Topliss-reactive ketones (excluding diaryl/α,β-unsaturated/α-hetero) is 1. The number of amides is 1. The van der Waals surface area contributed by atoms with Crippen LogP contribution in [0.1, 0.15) is 4.88 Å². The van der Waals surface area contributed by atoms with Gasteiger partial charge in [0.15, 0.2) is 5.78 Å². The number of rotatable bonds is 5. The lowest BCUT2D eigenvalue weighted by Gasteiger charge is -1.95. The van der Waals surface area contributed by atoms with Gasteiger partial charge in [0.05, 0.1) is 6.54 Å². The zero-order valence-electron chi connectivity index (χ0n) is 6.45. The molecule has 4 heteroatoms. The molecule has 1 aromatic rings. The van der Waals surface area contributed by atoms with Gasteiger partial charge in [-0.3, -0.25) is 9.59 Å². The van der Waals surface area contributed by atoms with Crippen molar-refractivity contribution in [1.82, 2.24) is 5.32 Å². The van der Waals surface area contributed by atoms with Gasteiger partial charge in [-0.15, -0.1) is 11.3 Å². The predicted octanol–water partition coefficient (Wildman–Crippen LogP) is 0.606. The maximum absolute atomic E-state index is 11.1. The predicted molar refractivity (Wildman–Crippen MR) is 47.1 cm³/mol. The van der Waals surface area contributed by atoms with E-state index in [1.165, 1.54) is 0 Å². The van der Waals surface area contributed by atoms with Gasteiger partial charge in [0.1, 0.15) is 0 Å². The SMILES string of the molecule is O=CNCC(=O)Cc1cccs1. The molecule has 12 heavy (non-hydrogen) atoms. The molecule has 0 saturated heterocycles. The number of thiophene rings is 1. The van der Waals surface area contributed by atoms with Crippen molar-refractivity contribution < 1.29 is 9.59 Å². The van der Waals surface area contributed by atoms with Gasteiger partial charge in [-0.2, -0.15) is 0 Å². The standard InChI is InChI=1S/C8H9NO2S/c10-6-9-5-7(11)4-8-2-1-3-12-8/h1-3,6H,4-5H2,(H,9,10). The van der Waals surface area contributed by atoms with Gasteiger partial charge in [-0.25, -0.2) is 0 Å². The van der Waals surface area contributed by atoms with Crippen molar-refractivity contribution in [2.45, 2.75) is 6.42 Å². The third-order valence-corrected chi connectivity index (χ3v) is 2.21. The van der Waals surface area contributed by atoms with Crippen molar-refractivity contribution in [2.24, 2.45) is 0 Å². The lowest BCUT2D eigenvalue weighted by molar-refractivity contribution is -0.119. The van der Waals surface area contributed by atoms with Gasteiger partial charge in [0.25, 0.3) is 0 Å². The minimum absolute atomic E-state index is 0.0320. The molecular weight excluding hydrogens is 174 g/mol. The van der Waals surface area contributed by atoms with Crippen LogP contribution < -0.4 is 5.32 Å². The summed E-state index contributed by atoms with van der Waals surface area (Å²) < 4.78 is 0. The Hall–Kier alpha value is -1.16. The summed E-state index contributed by atoms with van der Waals surface area (Å²) in [4.78, 5) is 21.9.